The maximum atomic E-state index is 13.4. The summed E-state index contributed by atoms with van der Waals surface area (Å²) in [5.74, 6) is 0.633. The van der Waals surface area contributed by atoms with E-state index in [1.165, 1.54) is 24.5 Å². The van der Waals surface area contributed by atoms with Crippen molar-refractivity contribution in [2.24, 2.45) is 11.7 Å². The van der Waals surface area contributed by atoms with Crippen molar-refractivity contribution in [2.45, 2.75) is 19.4 Å². The molecule has 7 heteroatoms. The van der Waals surface area contributed by atoms with E-state index in [4.69, 9.17) is 14.9 Å². The van der Waals surface area contributed by atoms with Crippen molar-refractivity contribution in [1.82, 2.24) is 0 Å². The number of nitrogens with two attached hydrogens (primary N) is 1. The van der Waals surface area contributed by atoms with E-state index in [-0.39, 0.29) is 24.9 Å². The van der Waals surface area contributed by atoms with Gasteiger partial charge in [-0.2, -0.15) is 0 Å². The normalized spacial score (nSPS) is 13.3. The van der Waals surface area contributed by atoms with Crippen LogP contribution in [0.3, 0.4) is 0 Å². The second kappa shape index (κ2) is 7.48. The van der Waals surface area contributed by atoms with Crippen molar-refractivity contribution in [3.8, 4) is 5.75 Å². The smallest absolute Gasteiger partial charge is 0.259 e. The van der Waals surface area contributed by atoms with Gasteiger partial charge in [-0.1, -0.05) is 0 Å². The van der Waals surface area contributed by atoms with Gasteiger partial charge in [-0.15, -0.1) is 12.4 Å². The number of amides is 1. The molecule has 1 aliphatic rings. The molecule has 1 aromatic carbocycles. The van der Waals surface area contributed by atoms with E-state index in [0.717, 1.165) is 12.8 Å². The summed E-state index contributed by atoms with van der Waals surface area (Å²) in [7, 11) is 0. The number of nitrogens with one attached hydrogen (secondary N) is 1. The zero-order valence-electron chi connectivity index (χ0n) is 12.4. The first kappa shape index (κ1) is 17.3. The van der Waals surface area contributed by atoms with E-state index >= 15 is 0 Å². The van der Waals surface area contributed by atoms with Gasteiger partial charge in [0.05, 0.1) is 24.4 Å². The first-order valence-electron chi connectivity index (χ1n) is 7.17. The van der Waals surface area contributed by atoms with Crippen molar-refractivity contribution >= 4 is 24.0 Å². The van der Waals surface area contributed by atoms with Gasteiger partial charge >= 0.3 is 0 Å². The van der Waals surface area contributed by atoms with Crippen LogP contribution in [0.5, 0.6) is 5.75 Å². The second-order valence-electron chi connectivity index (χ2n) is 5.35. The van der Waals surface area contributed by atoms with Crippen LogP contribution in [0, 0.1) is 11.7 Å². The van der Waals surface area contributed by atoms with Crippen LogP contribution in [0.25, 0.3) is 0 Å². The van der Waals surface area contributed by atoms with E-state index in [1.807, 2.05) is 0 Å². The molecule has 2 aromatic rings. The highest BCUT2D eigenvalue weighted by Gasteiger charge is 2.23. The molecule has 1 aromatic heterocycles. The summed E-state index contributed by atoms with van der Waals surface area (Å²) in [5.41, 5.74) is 6.24. The van der Waals surface area contributed by atoms with Crippen LogP contribution >= 0.6 is 12.4 Å². The summed E-state index contributed by atoms with van der Waals surface area (Å²) >= 11 is 0. The largest absolute Gasteiger partial charge is 0.491 e. The fraction of sp³-hybridized carbons (Fsp3) is 0.312. The Balaban J connectivity index is 0.00000192. The van der Waals surface area contributed by atoms with E-state index in [0.29, 0.717) is 35.3 Å². The summed E-state index contributed by atoms with van der Waals surface area (Å²) < 4.78 is 24.1. The third-order valence-electron chi connectivity index (χ3n) is 3.48. The summed E-state index contributed by atoms with van der Waals surface area (Å²) in [4.78, 5) is 12.2. The minimum atomic E-state index is -0.405. The molecule has 0 unspecified atom stereocenters. The third kappa shape index (κ3) is 4.46. The molecule has 3 N–H and O–H groups in total. The minimum absolute atomic E-state index is 0. The summed E-state index contributed by atoms with van der Waals surface area (Å²) in [6, 6.07) is 5.61. The van der Waals surface area contributed by atoms with Gasteiger partial charge in [-0.25, -0.2) is 4.39 Å². The average molecular weight is 341 g/mol. The molecule has 0 radical (unpaired) electrons. The van der Waals surface area contributed by atoms with Gasteiger partial charge in [0.1, 0.15) is 23.6 Å². The van der Waals surface area contributed by atoms with Gasteiger partial charge in [-0.05, 0) is 37.0 Å². The van der Waals surface area contributed by atoms with Crippen LogP contribution in [-0.2, 0) is 6.54 Å². The van der Waals surface area contributed by atoms with Gasteiger partial charge in [-0.3, -0.25) is 4.79 Å². The van der Waals surface area contributed by atoms with E-state index in [1.54, 1.807) is 6.07 Å². The number of carbonyl (C=O) groups is 1. The minimum Gasteiger partial charge on any atom is -0.491 e. The average Bonchev–Trinajstić information content (AvgIpc) is 3.21. The van der Waals surface area contributed by atoms with E-state index < -0.39 is 5.82 Å². The molecule has 23 heavy (non-hydrogen) atoms. The number of hydrogen-bond donors (Lipinski definition) is 2. The SMILES string of the molecule is Cl.NCc1cc(C(=O)Nc2ccc(F)cc2OCC2CC2)co1. The third-order valence-corrected chi connectivity index (χ3v) is 3.48. The molecule has 124 valence electrons. The van der Waals surface area contributed by atoms with Crippen LogP contribution in [0.15, 0.2) is 34.9 Å². The van der Waals surface area contributed by atoms with Crippen molar-refractivity contribution in [2.75, 3.05) is 11.9 Å². The number of rotatable bonds is 6. The Labute approximate surface area is 139 Å². The number of furan rings is 1. The monoisotopic (exact) mass is 340 g/mol. The number of carbonyl (C=O) groups excluding carboxylic acids is 1. The summed E-state index contributed by atoms with van der Waals surface area (Å²) in [5, 5.41) is 2.70. The molecular formula is C16H18ClFN2O3. The molecular weight excluding hydrogens is 323 g/mol. The highest BCUT2D eigenvalue weighted by molar-refractivity contribution is 6.04. The Hall–Kier alpha value is -2.05. The lowest BCUT2D eigenvalue weighted by Gasteiger charge is -2.12. The van der Waals surface area contributed by atoms with Gasteiger partial charge in [0.2, 0.25) is 0 Å². The molecule has 5 nitrogen and oxygen atoms in total. The second-order valence-corrected chi connectivity index (χ2v) is 5.35. The molecule has 0 aliphatic heterocycles. The maximum Gasteiger partial charge on any atom is 0.259 e. The molecule has 3 rings (SSSR count). The molecule has 0 saturated heterocycles. The van der Waals surface area contributed by atoms with Crippen molar-refractivity contribution in [1.29, 1.82) is 0 Å². The highest BCUT2D eigenvalue weighted by Crippen LogP contribution is 2.32. The first-order valence-corrected chi connectivity index (χ1v) is 7.17. The Morgan fingerprint density at radius 2 is 2.17 bits per heavy atom. The molecule has 1 heterocycles. The van der Waals surface area contributed by atoms with Gasteiger partial charge < -0.3 is 20.2 Å². The van der Waals surface area contributed by atoms with Crippen molar-refractivity contribution < 1.29 is 18.3 Å². The highest BCUT2D eigenvalue weighted by atomic mass is 35.5. The molecule has 0 spiro atoms. The lowest BCUT2D eigenvalue weighted by molar-refractivity contribution is 0.102. The van der Waals surface area contributed by atoms with Crippen LogP contribution in [0.1, 0.15) is 29.0 Å². The Kier molecular flexibility index (Phi) is 5.63. The van der Waals surface area contributed by atoms with Gasteiger partial charge in [0, 0.05) is 6.07 Å². The predicted molar refractivity (Wildman–Crippen MR) is 86.4 cm³/mol. The standard InChI is InChI=1S/C16H17FN2O3.ClH/c17-12-3-4-14(15(6-12)22-8-10-1-2-10)19-16(20)11-5-13(7-18)21-9-11;/h3-6,9-10H,1-2,7-8,18H2,(H,19,20);1H. The number of benzene rings is 1. The van der Waals surface area contributed by atoms with Gasteiger partial charge in [0.15, 0.2) is 0 Å². The number of anilines is 1. The zero-order chi connectivity index (χ0) is 15.5. The molecule has 1 amide bonds. The topological polar surface area (TPSA) is 77.5 Å². The van der Waals surface area contributed by atoms with Crippen LogP contribution < -0.4 is 15.8 Å². The first-order chi connectivity index (χ1) is 10.7. The van der Waals surface area contributed by atoms with Crippen LogP contribution in [0.2, 0.25) is 0 Å². The lowest BCUT2D eigenvalue weighted by Crippen LogP contribution is -2.13. The van der Waals surface area contributed by atoms with Crippen LogP contribution in [-0.4, -0.2) is 12.5 Å². The van der Waals surface area contributed by atoms with Gasteiger partial charge in [0.25, 0.3) is 5.91 Å². The summed E-state index contributed by atoms with van der Waals surface area (Å²) in [6.45, 7) is 0.759. The van der Waals surface area contributed by atoms with Crippen molar-refractivity contribution in [3.05, 3.63) is 47.7 Å². The van der Waals surface area contributed by atoms with E-state index in [2.05, 4.69) is 5.32 Å². The Morgan fingerprint density at radius 3 is 2.83 bits per heavy atom. The Morgan fingerprint density at radius 1 is 1.39 bits per heavy atom. The molecule has 0 atom stereocenters. The molecule has 1 fully saturated rings. The molecule has 0 bridgehead atoms. The predicted octanol–water partition coefficient (Wildman–Crippen LogP) is 3.34. The summed E-state index contributed by atoms with van der Waals surface area (Å²) in [6.07, 6.45) is 3.60. The number of halogens is 2. The maximum absolute atomic E-state index is 13.4. The number of ether oxygens (including phenoxy) is 1. The lowest BCUT2D eigenvalue weighted by atomic mass is 10.2. The Bertz CT molecular complexity index is 686. The van der Waals surface area contributed by atoms with Crippen LogP contribution in [0.4, 0.5) is 10.1 Å². The quantitative estimate of drug-likeness (QED) is 0.845. The molecule has 1 aliphatic carbocycles. The fourth-order valence-corrected chi connectivity index (χ4v) is 2.01. The number of hydrogen-bond acceptors (Lipinski definition) is 4. The fourth-order valence-electron chi connectivity index (χ4n) is 2.01. The molecule has 1 saturated carbocycles. The van der Waals surface area contributed by atoms with E-state index in [9.17, 15) is 9.18 Å². The zero-order valence-corrected chi connectivity index (χ0v) is 13.2. The van der Waals surface area contributed by atoms with Crippen molar-refractivity contribution in [3.63, 3.8) is 0 Å².